The SMILES string of the molecule is CC(C)(C(=O)c1ccccc1)[Se](=O)O. The standard InChI is InChI=1S/C10H12O3Se/c1-10(2,14(12)13)9(11)8-6-4-3-5-7-8/h3-7H,1-2H3,(H,12,13). The van der Waals surface area contributed by atoms with Crippen LogP contribution in [0.3, 0.4) is 0 Å². The van der Waals surface area contributed by atoms with Gasteiger partial charge in [0.05, 0.1) is 0 Å². The van der Waals surface area contributed by atoms with Crippen LogP contribution in [-0.4, -0.2) is 24.1 Å². The Morgan fingerprint density at radius 2 is 1.79 bits per heavy atom. The van der Waals surface area contributed by atoms with Gasteiger partial charge in [-0.1, -0.05) is 0 Å². The van der Waals surface area contributed by atoms with Gasteiger partial charge in [0.15, 0.2) is 0 Å². The molecule has 1 rings (SSSR count). The van der Waals surface area contributed by atoms with E-state index in [0.717, 1.165) is 0 Å². The van der Waals surface area contributed by atoms with Crippen LogP contribution in [0.4, 0.5) is 0 Å². The van der Waals surface area contributed by atoms with E-state index in [9.17, 15) is 8.63 Å². The Hall–Kier alpha value is -0.831. The summed E-state index contributed by atoms with van der Waals surface area (Å²) in [6.45, 7) is 3.00. The molecule has 1 aromatic rings. The van der Waals surface area contributed by atoms with Gasteiger partial charge in [-0.2, -0.15) is 0 Å². The molecule has 0 aromatic heterocycles. The fourth-order valence-corrected chi connectivity index (χ4v) is 1.60. The summed E-state index contributed by atoms with van der Waals surface area (Å²) in [6.07, 6.45) is 0. The van der Waals surface area contributed by atoms with Gasteiger partial charge in [0.1, 0.15) is 0 Å². The number of benzene rings is 1. The maximum atomic E-state index is 11.8. The van der Waals surface area contributed by atoms with Gasteiger partial charge in [0, 0.05) is 0 Å². The number of rotatable bonds is 3. The van der Waals surface area contributed by atoms with Gasteiger partial charge in [-0.05, 0) is 0 Å². The van der Waals surface area contributed by atoms with Crippen molar-refractivity contribution in [3.63, 3.8) is 0 Å². The van der Waals surface area contributed by atoms with E-state index in [-0.39, 0.29) is 5.78 Å². The zero-order chi connectivity index (χ0) is 10.8. The Morgan fingerprint density at radius 1 is 1.29 bits per heavy atom. The number of hydrogen-bond donors (Lipinski definition) is 1. The van der Waals surface area contributed by atoms with Crippen molar-refractivity contribution in [3.05, 3.63) is 35.9 Å². The second-order valence-electron chi connectivity index (χ2n) is 3.45. The van der Waals surface area contributed by atoms with Crippen molar-refractivity contribution in [1.82, 2.24) is 0 Å². The van der Waals surface area contributed by atoms with Gasteiger partial charge >= 0.3 is 86.8 Å². The second-order valence-corrected chi connectivity index (χ2v) is 6.64. The van der Waals surface area contributed by atoms with E-state index in [0.29, 0.717) is 5.56 Å². The van der Waals surface area contributed by atoms with Crippen molar-refractivity contribution < 1.29 is 12.8 Å². The molecule has 4 heteroatoms. The van der Waals surface area contributed by atoms with Crippen LogP contribution in [0, 0.1) is 0 Å². The molecule has 0 fully saturated rings. The summed E-state index contributed by atoms with van der Waals surface area (Å²) in [6, 6.07) is 8.58. The van der Waals surface area contributed by atoms with Crippen LogP contribution in [0.1, 0.15) is 24.2 Å². The third-order valence-corrected chi connectivity index (χ3v) is 4.24. The molecule has 3 nitrogen and oxygen atoms in total. The molecule has 1 N–H and O–H groups in total. The first-order chi connectivity index (χ1) is 6.46. The summed E-state index contributed by atoms with van der Waals surface area (Å²) in [5.74, 6) is -0.277. The van der Waals surface area contributed by atoms with Crippen LogP contribution in [-0.2, 0) is 3.83 Å². The number of ketones is 1. The van der Waals surface area contributed by atoms with E-state index in [1.54, 1.807) is 30.3 Å². The van der Waals surface area contributed by atoms with Crippen molar-refractivity contribution in [3.8, 4) is 0 Å². The average molecular weight is 259 g/mol. The third kappa shape index (κ3) is 2.15. The summed E-state index contributed by atoms with van der Waals surface area (Å²) in [4.78, 5) is 11.8. The van der Waals surface area contributed by atoms with E-state index in [1.165, 1.54) is 13.8 Å². The molecule has 1 unspecified atom stereocenters. The molecule has 0 radical (unpaired) electrons. The Kier molecular flexibility index (Phi) is 3.32. The fourth-order valence-electron chi connectivity index (χ4n) is 1.02. The number of carbonyl (C=O) groups is 1. The van der Waals surface area contributed by atoms with Gasteiger partial charge in [-0.3, -0.25) is 0 Å². The first-order valence-electron chi connectivity index (χ1n) is 4.17. The molecule has 0 bridgehead atoms. The Labute approximate surface area is 87.2 Å². The summed E-state index contributed by atoms with van der Waals surface area (Å²) >= 11 is -3.08. The minimum atomic E-state index is -3.08. The molecule has 1 aromatic carbocycles. The zero-order valence-electron chi connectivity index (χ0n) is 8.06. The predicted molar refractivity (Wildman–Crippen MR) is 53.5 cm³/mol. The van der Waals surface area contributed by atoms with E-state index >= 15 is 0 Å². The van der Waals surface area contributed by atoms with Crippen molar-refractivity contribution in [2.75, 3.05) is 0 Å². The molecule has 0 amide bonds. The van der Waals surface area contributed by atoms with Crippen molar-refractivity contribution >= 4 is 19.9 Å². The fraction of sp³-hybridized carbons (Fsp3) is 0.300. The molecular weight excluding hydrogens is 247 g/mol. The van der Waals surface area contributed by atoms with Crippen LogP contribution >= 0.6 is 0 Å². The van der Waals surface area contributed by atoms with Crippen molar-refractivity contribution in [2.45, 2.75) is 18.2 Å². The Balaban J connectivity index is 3.03. The minimum absolute atomic E-state index is 0.277. The van der Waals surface area contributed by atoms with Gasteiger partial charge in [0.25, 0.3) is 0 Å². The Bertz CT molecular complexity index is 357. The maximum absolute atomic E-state index is 11.8. The van der Waals surface area contributed by atoms with Crippen LogP contribution in [0.25, 0.3) is 0 Å². The number of Topliss-reactive ketones (excluding diaryl/α,β-unsaturated/α-hetero) is 1. The molecule has 0 aliphatic heterocycles. The summed E-state index contributed by atoms with van der Waals surface area (Å²) in [5, 5.41) is 0. The monoisotopic (exact) mass is 260 g/mol. The van der Waals surface area contributed by atoms with Crippen molar-refractivity contribution in [2.24, 2.45) is 0 Å². The second kappa shape index (κ2) is 4.13. The molecule has 1 atom stereocenters. The summed E-state index contributed by atoms with van der Waals surface area (Å²) in [7, 11) is 0. The van der Waals surface area contributed by atoms with Crippen LogP contribution < -0.4 is 0 Å². The normalized spacial score (nSPS) is 13.6. The molecule has 0 spiro atoms. The molecular formula is C10H12O3Se. The first kappa shape index (κ1) is 11.2. The molecule has 14 heavy (non-hydrogen) atoms. The van der Waals surface area contributed by atoms with Gasteiger partial charge < -0.3 is 0 Å². The van der Waals surface area contributed by atoms with E-state index < -0.39 is 18.5 Å². The van der Waals surface area contributed by atoms with Crippen molar-refractivity contribution in [1.29, 1.82) is 0 Å². The molecule has 0 saturated heterocycles. The number of carbonyl (C=O) groups excluding carboxylic acids is 1. The van der Waals surface area contributed by atoms with Gasteiger partial charge in [0.2, 0.25) is 0 Å². The van der Waals surface area contributed by atoms with Crippen LogP contribution in [0.2, 0.25) is 4.31 Å². The molecule has 0 aliphatic carbocycles. The zero-order valence-corrected chi connectivity index (χ0v) is 9.77. The van der Waals surface area contributed by atoms with E-state index in [2.05, 4.69) is 0 Å². The summed E-state index contributed by atoms with van der Waals surface area (Å²) in [5.41, 5.74) is 0.483. The molecule has 0 aliphatic rings. The van der Waals surface area contributed by atoms with Crippen LogP contribution in [0.15, 0.2) is 30.3 Å². The Morgan fingerprint density at radius 3 is 2.21 bits per heavy atom. The molecule has 0 saturated carbocycles. The van der Waals surface area contributed by atoms with E-state index in [1.807, 2.05) is 0 Å². The molecule has 0 heterocycles. The topological polar surface area (TPSA) is 54.4 Å². The predicted octanol–water partition coefficient (Wildman–Crippen LogP) is 1.56. The average Bonchev–Trinajstić information content (AvgIpc) is 2.17. The van der Waals surface area contributed by atoms with Gasteiger partial charge in [-0.25, -0.2) is 0 Å². The van der Waals surface area contributed by atoms with E-state index in [4.69, 9.17) is 4.19 Å². The first-order valence-corrected chi connectivity index (χ1v) is 6.49. The third-order valence-electron chi connectivity index (χ3n) is 2.02. The summed E-state index contributed by atoms with van der Waals surface area (Å²) < 4.78 is 18.9. The molecule has 76 valence electrons. The number of hydrogen-bond acceptors (Lipinski definition) is 2. The van der Waals surface area contributed by atoms with Gasteiger partial charge in [-0.15, -0.1) is 0 Å². The quantitative estimate of drug-likeness (QED) is 0.662. The van der Waals surface area contributed by atoms with Crippen LogP contribution in [0.5, 0.6) is 0 Å².